The first-order chi connectivity index (χ1) is 5.40. The predicted octanol–water partition coefficient (Wildman–Crippen LogP) is 0.197. The summed E-state index contributed by atoms with van der Waals surface area (Å²) in [5.74, 6) is 1.99. The second kappa shape index (κ2) is 2.78. The molecule has 0 aliphatic carbocycles. The first-order valence-corrected chi connectivity index (χ1v) is 3.98. The molecule has 0 aromatic rings. The summed E-state index contributed by atoms with van der Waals surface area (Å²) in [6, 6.07) is 0. The zero-order valence-corrected chi connectivity index (χ0v) is 6.38. The van der Waals surface area contributed by atoms with E-state index in [4.69, 9.17) is 4.74 Å². The van der Waals surface area contributed by atoms with Gasteiger partial charge in [-0.3, -0.25) is 4.90 Å². The monoisotopic (exact) mass is 153 g/mol. The molecule has 2 fully saturated rings. The molecule has 3 heteroatoms. The van der Waals surface area contributed by atoms with Crippen molar-refractivity contribution in [3.05, 3.63) is 5.57 Å². The second-order valence-electron chi connectivity index (χ2n) is 3.04. The fourth-order valence-electron chi connectivity index (χ4n) is 1.71. The number of piperidine rings is 1. The zero-order valence-electron chi connectivity index (χ0n) is 6.38. The van der Waals surface area contributed by atoms with E-state index in [9.17, 15) is 4.79 Å². The Balaban J connectivity index is 2.07. The molecule has 0 radical (unpaired) electrons. The molecule has 3 nitrogen and oxygen atoms in total. The van der Waals surface area contributed by atoms with Crippen LogP contribution in [0.5, 0.6) is 0 Å². The summed E-state index contributed by atoms with van der Waals surface area (Å²) in [4.78, 5) is 12.5. The van der Waals surface area contributed by atoms with Crippen molar-refractivity contribution >= 4 is 5.94 Å². The maximum atomic E-state index is 10.3. The molecule has 0 N–H and O–H groups in total. The molecule has 0 bridgehead atoms. The summed E-state index contributed by atoms with van der Waals surface area (Å²) in [6.07, 6.45) is 2.11. The van der Waals surface area contributed by atoms with Gasteiger partial charge in [-0.25, -0.2) is 4.79 Å². The van der Waals surface area contributed by atoms with Crippen LogP contribution in [0.15, 0.2) is 5.57 Å². The number of nitrogens with zero attached hydrogens (tertiary/aromatic N) is 1. The van der Waals surface area contributed by atoms with Crippen molar-refractivity contribution in [3.8, 4) is 0 Å². The van der Waals surface area contributed by atoms with E-state index in [-0.39, 0.29) is 6.23 Å². The summed E-state index contributed by atoms with van der Waals surface area (Å²) in [6.45, 7) is 2.56. The lowest BCUT2D eigenvalue weighted by atomic mass is 10.1. The second-order valence-corrected chi connectivity index (χ2v) is 3.04. The molecule has 2 saturated heterocycles. The molecule has 60 valence electrons. The van der Waals surface area contributed by atoms with E-state index in [0.717, 1.165) is 38.1 Å². The zero-order chi connectivity index (χ0) is 7.68. The molecule has 2 aliphatic rings. The largest absolute Gasteiger partial charge is 0.362 e. The van der Waals surface area contributed by atoms with Crippen LogP contribution in [0.3, 0.4) is 0 Å². The number of hydrogen-bond donors (Lipinski definition) is 0. The highest BCUT2D eigenvalue weighted by atomic mass is 16.5. The van der Waals surface area contributed by atoms with Crippen LogP contribution >= 0.6 is 0 Å². The minimum absolute atomic E-state index is 0.284. The smallest absolute Gasteiger partial charge is 0.124 e. The van der Waals surface area contributed by atoms with Crippen LogP contribution in [-0.2, 0) is 9.53 Å². The van der Waals surface area contributed by atoms with Crippen molar-refractivity contribution in [2.45, 2.75) is 19.1 Å². The highest BCUT2D eigenvalue weighted by Gasteiger charge is 2.29. The Morgan fingerprint density at radius 2 is 2.55 bits per heavy atom. The third kappa shape index (κ3) is 1.23. The molecule has 11 heavy (non-hydrogen) atoms. The van der Waals surface area contributed by atoms with E-state index in [1.54, 1.807) is 0 Å². The molecular formula is C8H11NO2. The molecule has 0 aromatic carbocycles. The number of fused-ring (bicyclic) bond motifs is 1. The topological polar surface area (TPSA) is 29.5 Å². The van der Waals surface area contributed by atoms with Crippen LogP contribution in [0.4, 0.5) is 0 Å². The molecule has 2 aliphatic heterocycles. The van der Waals surface area contributed by atoms with Crippen molar-refractivity contribution in [2.24, 2.45) is 0 Å². The van der Waals surface area contributed by atoms with Gasteiger partial charge in [0.15, 0.2) is 0 Å². The Kier molecular flexibility index (Phi) is 1.78. The average Bonchev–Trinajstić information content (AvgIpc) is 2.50. The van der Waals surface area contributed by atoms with Crippen molar-refractivity contribution in [1.82, 2.24) is 4.90 Å². The summed E-state index contributed by atoms with van der Waals surface area (Å²) < 4.78 is 5.43. The van der Waals surface area contributed by atoms with Crippen molar-refractivity contribution in [1.29, 1.82) is 0 Å². The lowest BCUT2D eigenvalue weighted by Gasteiger charge is -2.27. The van der Waals surface area contributed by atoms with Gasteiger partial charge in [-0.15, -0.1) is 0 Å². The minimum Gasteiger partial charge on any atom is -0.362 e. The third-order valence-electron chi connectivity index (χ3n) is 2.33. The Morgan fingerprint density at radius 3 is 3.36 bits per heavy atom. The van der Waals surface area contributed by atoms with Gasteiger partial charge in [0.25, 0.3) is 0 Å². The average molecular weight is 153 g/mol. The fraction of sp³-hybridized carbons (Fsp3) is 0.750. The highest BCUT2D eigenvalue weighted by molar-refractivity contribution is 5.53. The van der Waals surface area contributed by atoms with Crippen molar-refractivity contribution < 1.29 is 9.53 Å². The maximum Gasteiger partial charge on any atom is 0.124 e. The molecule has 1 atom stereocenters. The predicted molar refractivity (Wildman–Crippen MR) is 39.8 cm³/mol. The van der Waals surface area contributed by atoms with Gasteiger partial charge >= 0.3 is 0 Å². The van der Waals surface area contributed by atoms with Crippen LogP contribution in [-0.4, -0.2) is 36.8 Å². The Morgan fingerprint density at radius 1 is 1.64 bits per heavy atom. The number of carbonyl (C=O) groups excluding carboxylic acids is 1. The van der Waals surface area contributed by atoms with Gasteiger partial charge < -0.3 is 4.74 Å². The SMILES string of the molecule is O=C=C1CCC2OCCN2C1. The summed E-state index contributed by atoms with van der Waals surface area (Å²) in [5.41, 5.74) is 0.895. The molecular weight excluding hydrogens is 142 g/mol. The van der Waals surface area contributed by atoms with Crippen LogP contribution in [0.2, 0.25) is 0 Å². The molecule has 1 unspecified atom stereocenters. The lowest BCUT2D eigenvalue weighted by molar-refractivity contribution is 0.0209. The van der Waals surface area contributed by atoms with E-state index in [1.807, 2.05) is 5.94 Å². The molecule has 0 saturated carbocycles. The first kappa shape index (κ1) is 7.04. The van der Waals surface area contributed by atoms with Gasteiger partial charge in [-0.1, -0.05) is 0 Å². The van der Waals surface area contributed by atoms with Gasteiger partial charge in [0, 0.05) is 18.7 Å². The van der Waals surface area contributed by atoms with Crippen LogP contribution in [0.1, 0.15) is 12.8 Å². The van der Waals surface area contributed by atoms with E-state index < -0.39 is 0 Å². The van der Waals surface area contributed by atoms with E-state index >= 15 is 0 Å². The normalized spacial score (nSPS) is 31.6. The molecule has 0 aromatic heterocycles. The van der Waals surface area contributed by atoms with Gasteiger partial charge in [0.1, 0.15) is 12.2 Å². The first-order valence-electron chi connectivity index (χ1n) is 3.98. The van der Waals surface area contributed by atoms with Gasteiger partial charge in [0.2, 0.25) is 0 Å². The van der Waals surface area contributed by atoms with E-state index in [2.05, 4.69) is 4.90 Å². The Hall–Kier alpha value is -0.630. The van der Waals surface area contributed by atoms with E-state index in [1.165, 1.54) is 0 Å². The van der Waals surface area contributed by atoms with Crippen molar-refractivity contribution in [2.75, 3.05) is 19.7 Å². The van der Waals surface area contributed by atoms with Gasteiger partial charge in [-0.05, 0) is 12.8 Å². The number of rotatable bonds is 0. The summed E-state index contributed by atoms with van der Waals surface area (Å²) >= 11 is 0. The summed E-state index contributed by atoms with van der Waals surface area (Å²) in [5, 5.41) is 0. The Labute approximate surface area is 65.6 Å². The van der Waals surface area contributed by atoms with Crippen LogP contribution in [0, 0.1) is 0 Å². The quantitative estimate of drug-likeness (QED) is 0.465. The van der Waals surface area contributed by atoms with Crippen molar-refractivity contribution in [3.63, 3.8) is 0 Å². The summed E-state index contributed by atoms with van der Waals surface area (Å²) in [7, 11) is 0. The molecule has 2 heterocycles. The molecule has 0 spiro atoms. The standard InChI is InChI=1S/C8H11NO2/c10-6-7-1-2-8-9(5-7)3-4-11-8/h8H,1-5H2. The minimum atomic E-state index is 0.284. The fourth-order valence-corrected chi connectivity index (χ4v) is 1.71. The molecule has 0 amide bonds. The molecule has 2 rings (SSSR count). The third-order valence-corrected chi connectivity index (χ3v) is 2.33. The highest BCUT2D eigenvalue weighted by Crippen LogP contribution is 2.23. The maximum absolute atomic E-state index is 10.3. The van der Waals surface area contributed by atoms with Crippen LogP contribution in [0.25, 0.3) is 0 Å². The van der Waals surface area contributed by atoms with Crippen LogP contribution < -0.4 is 0 Å². The number of ether oxygens (including phenoxy) is 1. The number of hydrogen-bond acceptors (Lipinski definition) is 3. The van der Waals surface area contributed by atoms with Gasteiger partial charge in [-0.2, -0.15) is 0 Å². The van der Waals surface area contributed by atoms with Gasteiger partial charge in [0.05, 0.1) is 6.61 Å². The Bertz CT molecular complexity index is 208. The van der Waals surface area contributed by atoms with E-state index in [0.29, 0.717) is 0 Å². The lowest BCUT2D eigenvalue weighted by Crippen LogP contribution is -2.36.